The van der Waals surface area contributed by atoms with E-state index in [-0.39, 0.29) is 5.41 Å². The summed E-state index contributed by atoms with van der Waals surface area (Å²) >= 11 is 0. The normalized spacial score (nSPS) is 20.1. The van der Waals surface area contributed by atoms with Crippen LogP contribution in [-0.4, -0.2) is 26.3 Å². The minimum atomic E-state index is 0.282. The van der Waals surface area contributed by atoms with Crippen molar-refractivity contribution in [3.63, 3.8) is 0 Å². The summed E-state index contributed by atoms with van der Waals surface area (Å²) in [6.45, 7) is 13.2. The van der Waals surface area contributed by atoms with Crippen molar-refractivity contribution < 1.29 is 4.74 Å². The summed E-state index contributed by atoms with van der Waals surface area (Å²) in [4.78, 5) is 0. The first kappa shape index (κ1) is 14.0. The van der Waals surface area contributed by atoms with Gasteiger partial charge in [-0.1, -0.05) is 27.7 Å². The van der Waals surface area contributed by atoms with E-state index in [4.69, 9.17) is 4.74 Å². The van der Waals surface area contributed by atoms with E-state index in [1.54, 1.807) is 0 Å². The van der Waals surface area contributed by atoms with Crippen molar-refractivity contribution in [2.24, 2.45) is 17.3 Å². The molecule has 0 aromatic carbocycles. The molecule has 0 amide bonds. The Morgan fingerprint density at radius 2 is 2.06 bits per heavy atom. The molecule has 96 valence electrons. The number of hydrogen-bond acceptors (Lipinski definition) is 2. The third-order valence-electron chi connectivity index (χ3n) is 3.83. The van der Waals surface area contributed by atoms with Crippen LogP contribution in [0.5, 0.6) is 0 Å². The van der Waals surface area contributed by atoms with Gasteiger partial charge in [-0.25, -0.2) is 0 Å². The van der Waals surface area contributed by atoms with Gasteiger partial charge in [-0.05, 0) is 37.6 Å². The quantitative estimate of drug-likeness (QED) is 0.611. The minimum Gasteiger partial charge on any atom is -0.381 e. The van der Waals surface area contributed by atoms with E-state index in [0.29, 0.717) is 5.92 Å². The van der Waals surface area contributed by atoms with Crippen LogP contribution >= 0.6 is 0 Å². The first-order chi connectivity index (χ1) is 7.58. The van der Waals surface area contributed by atoms with Gasteiger partial charge in [0.15, 0.2) is 0 Å². The van der Waals surface area contributed by atoms with Crippen LogP contribution in [0.25, 0.3) is 0 Å². The van der Waals surface area contributed by atoms with Gasteiger partial charge in [0.2, 0.25) is 0 Å². The fraction of sp³-hybridized carbons (Fsp3) is 1.00. The molecule has 0 spiro atoms. The Balaban J connectivity index is 2.24. The maximum Gasteiger partial charge on any atom is 0.0534 e. The fourth-order valence-electron chi connectivity index (χ4n) is 1.72. The average Bonchev–Trinajstić information content (AvgIpc) is 3.02. The highest BCUT2D eigenvalue weighted by atomic mass is 16.5. The van der Waals surface area contributed by atoms with Crippen molar-refractivity contribution in [1.29, 1.82) is 0 Å². The van der Waals surface area contributed by atoms with Crippen LogP contribution < -0.4 is 5.32 Å². The van der Waals surface area contributed by atoms with Gasteiger partial charge in [-0.2, -0.15) is 0 Å². The lowest BCUT2D eigenvalue weighted by molar-refractivity contribution is 0.0217. The molecule has 1 saturated carbocycles. The molecule has 0 radical (unpaired) electrons. The number of nitrogens with one attached hydrogen (secondary N) is 1. The van der Waals surface area contributed by atoms with Gasteiger partial charge in [0.25, 0.3) is 0 Å². The van der Waals surface area contributed by atoms with Crippen LogP contribution in [0.1, 0.15) is 47.0 Å². The average molecular weight is 227 g/mol. The molecular formula is C14H29NO. The summed E-state index contributed by atoms with van der Waals surface area (Å²) in [7, 11) is 0. The maximum absolute atomic E-state index is 5.87. The van der Waals surface area contributed by atoms with E-state index in [1.807, 2.05) is 0 Å². The molecule has 1 fully saturated rings. The Morgan fingerprint density at radius 1 is 1.38 bits per heavy atom. The zero-order chi connectivity index (χ0) is 12.0. The molecule has 1 aliphatic rings. The summed E-state index contributed by atoms with van der Waals surface area (Å²) in [6.07, 6.45) is 3.97. The molecule has 2 heteroatoms. The zero-order valence-corrected chi connectivity index (χ0v) is 11.5. The number of hydrogen-bond donors (Lipinski definition) is 1. The van der Waals surface area contributed by atoms with Crippen LogP contribution in [0.15, 0.2) is 0 Å². The first-order valence-corrected chi connectivity index (χ1v) is 6.87. The summed E-state index contributed by atoms with van der Waals surface area (Å²) < 4.78 is 5.87. The molecule has 0 aliphatic heterocycles. The standard InChI is InChI=1S/C14H29NO/c1-5-8-15-10-14(4,12(2)3)11-16-9-13-6-7-13/h12-13,15H,5-11H2,1-4H3. The molecular weight excluding hydrogens is 198 g/mol. The Morgan fingerprint density at radius 3 is 2.56 bits per heavy atom. The monoisotopic (exact) mass is 227 g/mol. The highest BCUT2D eigenvalue weighted by Crippen LogP contribution is 2.31. The van der Waals surface area contributed by atoms with Gasteiger partial charge >= 0.3 is 0 Å². The molecule has 2 nitrogen and oxygen atoms in total. The van der Waals surface area contributed by atoms with Crippen LogP contribution in [0.4, 0.5) is 0 Å². The Bertz CT molecular complexity index is 189. The molecule has 0 aromatic heterocycles. The predicted octanol–water partition coefficient (Wildman–Crippen LogP) is 3.07. The SMILES string of the molecule is CCCNCC(C)(COCC1CC1)C(C)C. The molecule has 1 aliphatic carbocycles. The molecule has 1 unspecified atom stereocenters. The maximum atomic E-state index is 5.87. The van der Waals surface area contributed by atoms with E-state index in [1.165, 1.54) is 19.3 Å². The second-order valence-corrected chi connectivity index (χ2v) is 5.94. The van der Waals surface area contributed by atoms with Crippen molar-refractivity contribution in [2.45, 2.75) is 47.0 Å². The lowest BCUT2D eigenvalue weighted by Gasteiger charge is -2.34. The smallest absolute Gasteiger partial charge is 0.0534 e. The zero-order valence-electron chi connectivity index (χ0n) is 11.5. The van der Waals surface area contributed by atoms with Gasteiger partial charge in [0.05, 0.1) is 6.61 Å². The van der Waals surface area contributed by atoms with Crippen LogP contribution in [0.2, 0.25) is 0 Å². The highest BCUT2D eigenvalue weighted by Gasteiger charge is 2.29. The fourth-order valence-corrected chi connectivity index (χ4v) is 1.72. The molecule has 0 aromatic rings. The second-order valence-electron chi connectivity index (χ2n) is 5.94. The first-order valence-electron chi connectivity index (χ1n) is 6.87. The van der Waals surface area contributed by atoms with Crippen molar-refractivity contribution in [1.82, 2.24) is 5.32 Å². The lowest BCUT2D eigenvalue weighted by atomic mass is 9.79. The molecule has 1 rings (SSSR count). The molecule has 0 bridgehead atoms. The highest BCUT2D eigenvalue weighted by molar-refractivity contribution is 4.81. The van der Waals surface area contributed by atoms with Gasteiger partial charge in [0.1, 0.15) is 0 Å². The minimum absolute atomic E-state index is 0.282. The number of rotatable bonds is 9. The van der Waals surface area contributed by atoms with Crippen molar-refractivity contribution >= 4 is 0 Å². The lowest BCUT2D eigenvalue weighted by Crippen LogP contribution is -2.40. The van der Waals surface area contributed by atoms with E-state index in [0.717, 1.165) is 32.2 Å². The largest absolute Gasteiger partial charge is 0.381 e. The van der Waals surface area contributed by atoms with Crippen molar-refractivity contribution in [2.75, 3.05) is 26.3 Å². The molecule has 0 saturated heterocycles. The van der Waals surface area contributed by atoms with Gasteiger partial charge < -0.3 is 10.1 Å². The molecule has 1 atom stereocenters. The van der Waals surface area contributed by atoms with Gasteiger partial charge in [0, 0.05) is 18.6 Å². The molecule has 16 heavy (non-hydrogen) atoms. The van der Waals surface area contributed by atoms with Gasteiger partial charge in [-0.15, -0.1) is 0 Å². The second kappa shape index (κ2) is 6.61. The van der Waals surface area contributed by atoms with E-state index in [2.05, 4.69) is 33.0 Å². The Hall–Kier alpha value is -0.0800. The van der Waals surface area contributed by atoms with E-state index in [9.17, 15) is 0 Å². The summed E-state index contributed by atoms with van der Waals surface area (Å²) in [5, 5.41) is 3.53. The van der Waals surface area contributed by atoms with Crippen LogP contribution in [0, 0.1) is 17.3 Å². The van der Waals surface area contributed by atoms with Crippen LogP contribution in [-0.2, 0) is 4.74 Å². The number of ether oxygens (including phenoxy) is 1. The summed E-state index contributed by atoms with van der Waals surface area (Å²) in [5.41, 5.74) is 0.282. The molecule has 1 N–H and O–H groups in total. The van der Waals surface area contributed by atoms with Crippen molar-refractivity contribution in [3.05, 3.63) is 0 Å². The Kier molecular flexibility index (Phi) is 5.77. The van der Waals surface area contributed by atoms with Gasteiger partial charge in [-0.3, -0.25) is 0 Å². The Labute approximate surface area is 101 Å². The van der Waals surface area contributed by atoms with Crippen molar-refractivity contribution in [3.8, 4) is 0 Å². The van der Waals surface area contributed by atoms with E-state index >= 15 is 0 Å². The summed E-state index contributed by atoms with van der Waals surface area (Å²) in [5.74, 6) is 1.54. The summed E-state index contributed by atoms with van der Waals surface area (Å²) in [6, 6.07) is 0. The molecule has 0 heterocycles. The van der Waals surface area contributed by atoms with E-state index < -0.39 is 0 Å². The third kappa shape index (κ3) is 4.84. The van der Waals surface area contributed by atoms with Crippen LogP contribution in [0.3, 0.4) is 0 Å². The third-order valence-corrected chi connectivity index (χ3v) is 3.83. The topological polar surface area (TPSA) is 21.3 Å². The predicted molar refractivity (Wildman–Crippen MR) is 69.6 cm³/mol.